The van der Waals surface area contributed by atoms with Crippen molar-refractivity contribution in [2.45, 2.75) is 37.8 Å². The third kappa shape index (κ3) is 4.45. The highest BCUT2D eigenvalue weighted by Gasteiger charge is 2.19. The van der Waals surface area contributed by atoms with Gasteiger partial charge in [0.2, 0.25) is 5.91 Å². The van der Waals surface area contributed by atoms with Gasteiger partial charge in [0, 0.05) is 12.1 Å². The Hall–Kier alpha value is -0.320. The highest BCUT2D eigenvalue weighted by Crippen LogP contribution is 2.16. The van der Waals surface area contributed by atoms with E-state index in [0.29, 0.717) is 6.04 Å². The van der Waals surface area contributed by atoms with Crippen LogP contribution in [-0.2, 0) is 4.79 Å². The third-order valence-electron chi connectivity index (χ3n) is 2.28. The number of carbonyl (C=O) groups excluding carboxylic acids is 1. The summed E-state index contributed by atoms with van der Waals surface area (Å²) in [6.07, 6.45) is 3.81. The van der Waals surface area contributed by atoms with Crippen molar-refractivity contribution in [1.29, 1.82) is 0 Å². The molecule has 4 N–H and O–H groups in total. The predicted octanol–water partition coefficient (Wildman–Crippen LogP) is -0.213. The number of aliphatic hydroxyl groups is 1. The first-order valence-electron chi connectivity index (χ1n) is 4.38. The van der Waals surface area contributed by atoms with Crippen molar-refractivity contribution in [3.05, 3.63) is 0 Å². The molecule has 13 heavy (non-hydrogen) atoms. The summed E-state index contributed by atoms with van der Waals surface area (Å²) in [6.45, 7) is -0.414. The highest BCUT2D eigenvalue weighted by molar-refractivity contribution is 5.85. The second-order valence-electron chi connectivity index (χ2n) is 3.34. The molecule has 5 heteroatoms. The zero-order chi connectivity index (χ0) is 8.97. The Morgan fingerprint density at radius 2 is 1.92 bits per heavy atom. The molecule has 0 aromatic heterocycles. The van der Waals surface area contributed by atoms with E-state index in [1.165, 1.54) is 0 Å². The molecular weight excluding hydrogens is 192 g/mol. The van der Waals surface area contributed by atoms with Crippen molar-refractivity contribution >= 4 is 18.3 Å². The van der Waals surface area contributed by atoms with Crippen LogP contribution >= 0.6 is 12.4 Å². The van der Waals surface area contributed by atoms with Crippen LogP contribution in [0.4, 0.5) is 0 Å². The minimum atomic E-state index is -0.414. The first-order valence-corrected chi connectivity index (χ1v) is 4.38. The van der Waals surface area contributed by atoms with Gasteiger partial charge in [-0.2, -0.15) is 0 Å². The van der Waals surface area contributed by atoms with E-state index in [0.717, 1.165) is 25.7 Å². The number of nitrogens with one attached hydrogen (secondary N) is 1. The normalized spacial score (nSPS) is 27.5. The molecule has 0 atom stereocenters. The maximum absolute atomic E-state index is 10.8. The summed E-state index contributed by atoms with van der Waals surface area (Å²) >= 11 is 0. The summed E-state index contributed by atoms with van der Waals surface area (Å²) in [4.78, 5) is 10.8. The summed E-state index contributed by atoms with van der Waals surface area (Å²) in [7, 11) is 0. The Morgan fingerprint density at radius 3 is 2.38 bits per heavy atom. The number of carbonyl (C=O) groups is 1. The monoisotopic (exact) mass is 208 g/mol. The zero-order valence-electron chi connectivity index (χ0n) is 7.53. The highest BCUT2D eigenvalue weighted by atomic mass is 35.5. The van der Waals surface area contributed by atoms with E-state index in [9.17, 15) is 4.79 Å². The Kier molecular flexibility index (Phi) is 6.03. The summed E-state index contributed by atoms with van der Waals surface area (Å²) in [6, 6.07) is 0.525. The van der Waals surface area contributed by atoms with Crippen LogP contribution in [0.2, 0.25) is 0 Å². The van der Waals surface area contributed by atoms with Crippen LogP contribution in [-0.4, -0.2) is 29.7 Å². The maximum atomic E-state index is 10.8. The molecule has 1 saturated carbocycles. The van der Waals surface area contributed by atoms with Crippen LogP contribution in [0.3, 0.4) is 0 Å². The fourth-order valence-electron chi connectivity index (χ4n) is 1.54. The van der Waals surface area contributed by atoms with E-state index in [1.54, 1.807) is 0 Å². The average Bonchev–Trinajstić information content (AvgIpc) is 2.09. The SMILES string of the molecule is Cl.N[C@H]1CC[C@H](NC(=O)CO)CC1. The van der Waals surface area contributed by atoms with Crippen molar-refractivity contribution in [2.24, 2.45) is 5.73 Å². The minimum Gasteiger partial charge on any atom is -0.387 e. The molecule has 0 aromatic carbocycles. The van der Waals surface area contributed by atoms with Gasteiger partial charge in [0.05, 0.1) is 0 Å². The average molecular weight is 209 g/mol. The summed E-state index contributed by atoms with van der Waals surface area (Å²) in [5, 5.41) is 11.2. The Bertz CT molecular complexity index is 158. The van der Waals surface area contributed by atoms with E-state index >= 15 is 0 Å². The van der Waals surface area contributed by atoms with E-state index in [1.807, 2.05) is 0 Å². The third-order valence-corrected chi connectivity index (χ3v) is 2.28. The van der Waals surface area contributed by atoms with Crippen LogP contribution in [0.15, 0.2) is 0 Å². The van der Waals surface area contributed by atoms with E-state index in [-0.39, 0.29) is 24.4 Å². The molecule has 4 nitrogen and oxygen atoms in total. The molecule has 1 fully saturated rings. The van der Waals surface area contributed by atoms with Gasteiger partial charge >= 0.3 is 0 Å². The molecule has 78 valence electrons. The standard InChI is InChI=1S/C8H16N2O2.ClH/c9-6-1-3-7(4-2-6)10-8(12)5-11;/h6-7,11H,1-5,9H2,(H,10,12);1H/t6-,7-;. The van der Waals surface area contributed by atoms with Gasteiger partial charge in [-0.15, -0.1) is 12.4 Å². The molecule has 0 heterocycles. The summed E-state index contributed by atoms with van der Waals surface area (Å²) in [5.41, 5.74) is 5.70. The smallest absolute Gasteiger partial charge is 0.245 e. The van der Waals surface area contributed by atoms with Gasteiger partial charge in [-0.05, 0) is 25.7 Å². The van der Waals surface area contributed by atoms with Gasteiger partial charge in [-0.1, -0.05) is 0 Å². The first-order chi connectivity index (χ1) is 5.72. The van der Waals surface area contributed by atoms with Gasteiger partial charge in [0.15, 0.2) is 0 Å². The number of nitrogens with two attached hydrogens (primary N) is 1. The van der Waals surface area contributed by atoms with Gasteiger partial charge in [-0.3, -0.25) is 4.79 Å². The number of amides is 1. The Morgan fingerprint density at radius 1 is 1.38 bits per heavy atom. The molecule has 0 saturated heterocycles. The summed E-state index contributed by atoms with van der Waals surface area (Å²) < 4.78 is 0. The van der Waals surface area contributed by atoms with Crippen LogP contribution < -0.4 is 11.1 Å². The fourth-order valence-corrected chi connectivity index (χ4v) is 1.54. The van der Waals surface area contributed by atoms with Gasteiger partial charge < -0.3 is 16.2 Å². The van der Waals surface area contributed by atoms with E-state index < -0.39 is 6.61 Å². The molecule has 0 bridgehead atoms. The van der Waals surface area contributed by atoms with Gasteiger partial charge in [0.25, 0.3) is 0 Å². The second-order valence-corrected chi connectivity index (χ2v) is 3.34. The molecule has 1 aliphatic rings. The minimum absolute atomic E-state index is 0. The molecule has 1 amide bonds. The lowest BCUT2D eigenvalue weighted by Gasteiger charge is -2.26. The first kappa shape index (κ1) is 12.7. The molecule has 0 aliphatic heterocycles. The molecular formula is C8H17ClN2O2. The fraction of sp³-hybridized carbons (Fsp3) is 0.875. The topological polar surface area (TPSA) is 75.3 Å². The molecule has 1 aliphatic carbocycles. The lowest BCUT2D eigenvalue weighted by molar-refractivity contribution is -0.124. The van der Waals surface area contributed by atoms with Crippen LogP contribution in [0.5, 0.6) is 0 Å². The Balaban J connectivity index is 0.00000144. The van der Waals surface area contributed by atoms with Crippen LogP contribution in [0.25, 0.3) is 0 Å². The van der Waals surface area contributed by atoms with E-state index in [4.69, 9.17) is 10.8 Å². The maximum Gasteiger partial charge on any atom is 0.245 e. The molecule has 1 rings (SSSR count). The lowest BCUT2D eigenvalue weighted by atomic mass is 9.92. The predicted molar refractivity (Wildman–Crippen MR) is 52.7 cm³/mol. The largest absolute Gasteiger partial charge is 0.387 e. The van der Waals surface area contributed by atoms with E-state index in [2.05, 4.69) is 5.32 Å². The molecule has 0 aromatic rings. The zero-order valence-corrected chi connectivity index (χ0v) is 8.35. The van der Waals surface area contributed by atoms with Crippen LogP contribution in [0, 0.1) is 0 Å². The van der Waals surface area contributed by atoms with Crippen molar-refractivity contribution in [3.8, 4) is 0 Å². The Labute approximate surface area is 84.3 Å². The van der Waals surface area contributed by atoms with Crippen molar-refractivity contribution in [2.75, 3.05) is 6.61 Å². The van der Waals surface area contributed by atoms with Crippen molar-refractivity contribution < 1.29 is 9.90 Å². The second kappa shape index (κ2) is 6.18. The molecule has 0 spiro atoms. The summed E-state index contributed by atoms with van der Waals surface area (Å²) in [5.74, 6) is -0.282. The number of hydrogen-bond acceptors (Lipinski definition) is 3. The number of rotatable bonds is 2. The van der Waals surface area contributed by atoms with Crippen LogP contribution in [0.1, 0.15) is 25.7 Å². The molecule has 0 radical (unpaired) electrons. The number of halogens is 1. The van der Waals surface area contributed by atoms with Gasteiger partial charge in [-0.25, -0.2) is 0 Å². The number of aliphatic hydroxyl groups excluding tert-OH is 1. The van der Waals surface area contributed by atoms with Crippen molar-refractivity contribution in [3.63, 3.8) is 0 Å². The quantitative estimate of drug-likeness (QED) is 0.588. The number of hydrogen-bond donors (Lipinski definition) is 3. The van der Waals surface area contributed by atoms with Gasteiger partial charge in [0.1, 0.15) is 6.61 Å². The molecule has 0 unspecified atom stereocenters. The lowest BCUT2D eigenvalue weighted by Crippen LogP contribution is -2.41. The van der Waals surface area contributed by atoms with Crippen molar-refractivity contribution in [1.82, 2.24) is 5.32 Å².